The summed E-state index contributed by atoms with van der Waals surface area (Å²) >= 11 is 0. The number of carbonyl (C=O) groups excluding carboxylic acids is 1. The van der Waals surface area contributed by atoms with E-state index in [4.69, 9.17) is 9.47 Å². The van der Waals surface area contributed by atoms with Gasteiger partial charge in [-0.05, 0) is 53.7 Å². The van der Waals surface area contributed by atoms with E-state index in [2.05, 4.69) is 12.1 Å². The van der Waals surface area contributed by atoms with Crippen molar-refractivity contribution in [2.75, 3.05) is 14.2 Å². The lowest BCUT2D eigenvalue weighted by Crippen LogP contribution is -2.16. The number of methoxy groups -OCH3 is 2. The van der Waals surface area contributed by atoms with Gasteiger partial charge in [0, 0.05) is 12.5 Å². The molecule has 3 heteroatoms. The highest BCUT2D eigenvalue weighted by Gasteiger charge is 2.23. The van der Waals surface area contributed by atoms with Crippen LogP contribution in [-0.2, 0) is 11.2 Å². The van der Waals surface area contributed by atoms with E-state index in [0.717, 1.165) is 41.0 Å². The van der Waals surface area contributed by atoms with Crippen LogP contribution in [0, 0.1) is 5.92 Å². The van der Waals surface area contributed by atoms with Gasteiger partial charge in [0.25, 0.3) is 0 Å². The topological polar surface area (TPSA) is 35.5 Å². The first-order valence-electron chi connectivity index (χ1n) is 8.21. The van der Waals surface area contributed by atoms with E-state index in [-0.39, 0.29) is 5.78 Å². The van der Waals surface area contributed by atoms with E-state index >= 15 is 0 Å². The molecule has 0 fully saturated rings. The van der Waals surface area contributed by atoms with Crippen LogP contribution >= 0.6 is 0 Å². The zero-order valence-corrected chi connectivity index (χ0v) is 14.1. The Morgan fingerprint density at radius 3 is 2.29 bits per heavy atom. The predicted molar refractivity (Wildman–Crippen MR) is 95.4 cm³/mol. The highest BCUT2D eigenvalue weighted by Crippen LogP contribution is 2.35. The molecule has 0 aliphatic heterocycles. The van der Waals surface area contributed by atoms with Crippen molar-refractivity contribution in [1.29, 1.82) is 0 Å². The van der Waals surface area contributed by atoms with E-state index < -0.39 is 0 Å². The SMILES string of the molecule is COc1cc(CC2CCC(=O)C=C2c2ccccc2)cc(OC)c1. The number of hydrogen-bond acceptors (Lipinski definition) is 3. The third-order valence-electron chi connectivity index (χ3n) is 4.50. The Bertz CT molecular complexity index is 725. The van der Waals surface area contributed by atoms with Gasteiger partial charge in [0.05, 0.1) is 14.2 Å². The summed E-state index contributed by atoms with van der Waals surface area (Å²) in [6.07, 6.45) is 4.17. The van der Waals surface area contributed by atoms with Crippen LogP contribution in [-0.4, -0.2) is 20.0 Å². The van der Waals surface area contributed by atoms with Crippen LogP contribution < -0.4 is 9.47 Å². The molecule has 1 atom stereocenters. The molecule has 0 bridgehead atoms. The third-order valence-corrected chi connectivity index (χ3v) is 4.50. The lowest BCUT2D eigenvalue weighted by atomic mass is 9.80. The van der Waals surface area contributed by atoms with E-state index in [1.807, 2.05) is 42.5 Å². The molecule has 0 heterocycles. The van der Waals surface area contributed by atoms with Crippen LogP contribution in [0.25, 0.3) is 5.57 Å². The molecular formula is C21H22O3. The standard InChI is InChI=1S/C21H22O3/c1-23-19-11-15(12-20(14-19)24-2)10-17-8-9-18(22)13-21(17)16-6-4-3-5-7-16/h3-7,11-14,17H,8-10H2,1-2H3. The second-order valence-corrected chi connectivity index (χ2v) is 6.09. The summed E-state index contributed by atoms with van der Waals surface area (Å²) in [5.41, 5.74) is 3.42. The first-order chi connectivity index (χ1) is 11.7. The van der Waals surface area contributed by atoms with Gasteiger partial charge in [-0.1, -0.05) is 30.3 Å². The largest absolute Gasteiger partial charge is 0.497 e. The van der Waals surface area contributed by atoms with Gasteiger partial charge in [-0.15, -0.1) is 0 Å². The van der Waals surface area contributed by atoms with E-state index in [9.17, 15) is 4.79 Å². The molecule has 124 valence electrons. The molecule has 3 nitrogen and oxygen atoms in total. The molecule has 1 unspecified atom stereocenters. The molecule has 0 radical (unpaired) electrons. The lowest BCUT2D eigenvalue weighted by molar-refractivity contribution is -0.115. The van der Waals surface area contributed by atoms with Crippen molar-refractivity contribution in [3.05, 3.63) is 65.7 Å². The van der Waals surface area contributed by atoms with E-state index in [1.54, 1.807) is 14.2 Å². The number of benzene rings is 2. The predicted octanol–water partition coefficient (Wildman–Crippen LogP) is 4.31. The summed E-state index contributed by atoms with van der Waals surface area (Å²) in [7, 11) is 3.32. The average molecular weight is 322 g/mol. The molecule has 2 aromatic carbocycles. The molecule has 1 aliphatic rings. The second kappa shape index (κ2) is 7.35. The molecule has 0 aromatic heterocycles. The van der Waals surface area contributed by atoms with Crippen LogP contribution in [0.3, 0.4) is 0 Å². The Balaban J connectivity index is 1.91. The fourth-order valence-electron chi connectivity index (χ4n) is 3.27. The quantitative estimate of drug-likeness (QED) is 0.823. The summed E-state index contributed by atoms with van der Waals surface area (Å²) < 4.78 is 10.7. The molecule has 24 heavy (non-hydrogen) atoms. The monoisotopic (exact) mass is 322 g/mol. The third kappa shape index (κ3) is 3.67. The minimum Gasteiger partial charge on any atom is -0.497 e. The number of ether oxygens (including phenoxy) is 2. The molecule has 2 aromatic rings. The lowest BCUT2D eigenvalue weighted by Gasteiger charge is -2.24. The van der Waals surface area contributed by atoms with Crippen molar-refractivity contribution in [3.8, 4) is 11.5 Å². The molecule has 3 rings (SSSR count). The maximum absolute atomic E-state index is 11.9. The number of allylic oxidation sites excluding steroid dienone is 2. The minimum absolute atomic E-state index is 0.216. The Morgan fingerprint density at radius 1 is 1.00 bits per heavy atom. The normalized spacial score (nSPS) is 17.3. The van der Waals surface area contributed by atoms with Gasteiger partial charge in [-0.25, -0.2) is 0 Å². The summed E-state index contributed by atoms with van der Waals surface area (Å²) in [6.45, 7) is 0. The Morgan fingerprint density at radius 2 is 1.67 bits per heavy atom. The van der Waals surface area contributed by atoms with Crippen molar-refractivity contribution in [3.63, 3.8) is 0 Å². The Kier molecular flexibility index (Phi) is 4.99. The van der Waals surface area contributed by atoms with E-state index in [1.165, 1.54) is 0 Å². The molecule has 1 aliphatic carbocycles. The van der Waals surface area contributed by atoms with Crippen molar-refractivity contribution in [1.82, 2.24) is 0 Å². The van der Waals surface area contributed by atoms with Crippen molar-refractivity contribution < 1.29 is 14.3 Å². The van der Waals surface area contributed by atoms with Crippen molar-refractivity contribution >= 4 is 11.4 Å². The summed E-state index contributed by atoms with van der Waals surface area (Å²) in [6, 6.07) is 16.1. The molecule has 0 spiro atoms. The summed E-state index contributed by atoms with van der Waals surface area (Å²) in [5.74, 6) is 2.12. The van der Waals surface area contributed by atoms with Crippen LogP contribution in [0.2, 0.25) is 0 Å². The average Bonchev–Trinajstić information content (AvgIpc) is 2.63. The van der Waals surface area contributed by atoms with Gasteiger partial charge < -0.3 is 9.47 Å². The van der Waals surface area contributed by atoms with Crippen LogP contribution in [0.4, 0.5) is 0 Å². The number of hydrogen-bond donors (Lipinski definition) is 0. The Hall–Kier alpha value is -2.55. The maximum atomic E-state index is 11.9. The molecule has 0 saturated carbocycles. The first-order valence-corrected chi connectivity index (χ1v) is 8.21. The fraction of sp³-hybridized carbons (Fsp3) is 0.286. The van der Waals surface area contributed by atoms with Crippen LogP contribution in [0.5, 0.6) is 11.5 Å². The second-order valence-electron chi connectivity index (χ2n) is 6.09. The summed E-state index contributed by atoms with van der Waals surface area (Å²) in [4.78, 5) is 11.9. The highest BCUT2D eigenvalue weighted by atomic mass is 16.5. The molecule has 0 amide bonds. The zero-order chi connectivity index (χ0) is 16.9. The number of ketones is 1. The first kappa shape index (κ1) is 16.3. The zero-order valence-electron chi connectivity index (χ0n) is 14.1. The van der Waals surface area contributed by atoms with Gasteiger partial charge in [-0.2, -0.15) is 0 Å². The number of rotatable bonds is 5. The molecular weight excluding hydrogens is 300 g/mol. The van der Waals surface area contributed by atoms with Gasteiger partial charge >= 0.3 is 0 Å². The minimum atomic E-state index is 0.216. The van der Waals surface area contributed by atoms with E-state index in [0.29, 0.717) is 12.3 Å². The van der Waals surface area contributed by atoms with Crippen LogP contribution in [0.15, 0.2) is 54.6 Å². The molecule has 0 N–H and O–H groups in total. The number of carbonyl (C=O) groups is 1. The van der Waals surface area contributed by atoms with Gasteiger partial charge in [0.1, 0.15) is 11.5 Å². The van der Waals surface area contributed by atoms with Crippen molar-refractivity contribution in [2.45, 2.75) is 19.3 Å². The smallest absolute Gasteiger partial charge is 0.156 e. The summed E-state index contributed by atoms with van der Waals surface area (Å²) in [5, 5.41) is 0. The van der Waals surface area contributed by atoms with Gasteiger partial charge in [-0.3, -0.25) is 4.79 Å². The molecule has 0 saturated heterocycles. The van der Waals surface area contributed by atoms with Crippen molar-refractivity contribution in [2.24, 2.45) is 5.92 Å². The Labute approximate surface area is 142 Å². The van der Waals surface area contributed by atoms with Crippen LogP contribution in [0.1, 0.15) is 24.0 Å². The van der Waals surface area contributed by atoms with Gasteiger partial charge in [0.15, 0.2) is 5.78 Å². The fourth-order valence-corrected chi connectivity index (χ4v) is 3.27. The van der Waals surface area contributed by atoms with Gasteiger partial charge in [0.2, 0.25) is 0 Å². The highest BCUT2D eigenvalue weighted by molar-refractivity contribution is 5.98. The maximum Gasteiger partial charge on any atom is 0.156 e.